The third-order valence-electron chi connectivity index (χ3n) is 5.79. The molecule has 1 aliphatic carbocycles. The quantitative estimate of drug-likeness (QED) is 0.839. The molecule has 1 amide bonds. The molecule has 6 nitrogen and oxygen atoms in total. The van der Waals surface area contributed by atoms with Gasteiger partial charge in [0, 0.05) is 12.0 Å². The Kier molecular flexibility index (Phi) is 5.53. The highest BCUT2D eigenvalue weighted by atomic mass is 16.5. The zero-order chi connectivity index (χ0) is 20.4. The molecule has 0 bridgehead atoms. The number of fused-ring (bicyclic) bond motifs is 1. The van der Waals surface area contributed by atoms with Gasteiger partial charge in [0.15, 0.2) is 17.3 Å². The number of hydrogen-bond acceptors (Lipinski definition) is 5. The Morgan fingerprint density at radius 3 is 2.45 bits per heavy atom. The topological polar surface area (TPSA) is 67.9 Å². The number of carbonyl (C=O) groups is 2. The standard InChI is InChI=1S/C23H26N2O4/c1-28-19-14-17-16(13-18(26)21(17)25-11-7-4-8-12-25)20(22(19)29-2)24-23(27)15-9-5-3-6-10-15/h3,5-6,9-10,14,21H,4,7-8,11-13H2,1-2H3,(H,24,27). The summed E-state index contributed by atoms with van der Waals surface area (Å²) in [6.07, 6.45) is 3.68. The van der Waals surface area contributed by atoms with Crippen LogP contribution in [0.5, 0.6) is 11.5 Å². The number of hydrogen-bond donors (Lipinski definition) is 1. The fourth-order valence-electron chi connectivity index (χ4n) is 4.42. The summed E-state index contributed by atoms with van der Waals surface area (Å²) in [4.78, 5) is 28.1. The second-order valence-corrected chi connectivity index (χ2v) is 7.52. The molecule has 4 rings (SSSR count). The molecule has 2 aromatic rings. The predicted molar refractivity (Wildman–Crippen MR) is 111 cm³/mol. The second kappa shape index (κ2) is 8.25. The van der Waals surface area contributed by atoms with Gasteiger partial charge in [-0.2, -0.15) is 0 Å². The maximum atomic E-state index is 13.0. The van der Waals surface area contributed by atoms with Gasteiger partial charge in [-0.1, -0.05) is 24.6 Å². The number of likely N-dealkylation sites (tertiary alicyclic amines) is 1. The number of piperidine rings is 1. The molecule has 2 aliphatic rings. The number of anilines is 1. The van der Waals surface area contributed by atoms with Crippen molar-refractivity contribution in [2.24, 2.45) is 0 Å². The van der Waals surface area contributed by atoms with E-state index in [0.29, 0.717) is 22.7 Å². The van der Waals surface area contributed by atoms with Gasteiger partial charge in [0.1, 0.15) is 0 Å². The summed E-state index contributed by atoms with van der Waals surface area (Å²) >= 11 is 0. The van der Waals surface area contributed by atoms with Gasteiger partial charge in [-0.05, 0) is 55.3 Å². The molecule has 1 aliphatic heterocycles. The van der Waals surface area contributed by atoms with Crippen LogP contribution in [0, 0.1) is 0 Å². The normalized spacial score (nSPS) is 19.0. The van der Waals surface area contributed by atoms with E-state index < -0.39 is 0 Å². The fraction of sp³-hybridized carbons (Fsp3) is 0.391. The summed E-state index contributed by atoms with van der Waals surface area (Å²) in [6.45, 7) is 1.83. The molecule has 0 saturated carbocycles. The largest absolute Gasteiger partial charge is 0.493 e. The molecule has 29 heavy (non-hydrogen) atoms. The van der Waals surface area contributed by atoms with Crippen LogP contribution in [-0.4, -0.2) is 43.9 Å². The zero-order valence-electron chi connectivity index (χ0n) is 16.9. The van der Waals surface area contributed by atoms with Crippen molar-refractivity contribution >= 4 is 17.4 Å². The number of ketones is 1. The third kappa shape index (κ3) is 3.60. The molecule has 0 spiro atoms. The van der Waals surface area contributed by atoms with E-state index in [1.807, 2.05) is 24.3 Å². The number of Topliss-reactive ketones (excluding diaryl/α,β-unsaturated/α-hetero) is 1. The minimum atomic E-state index is -0.280. The van der Waals surface area contributed by atoms with Crippen LogP contribution >= 0.6 is 0 Å². The molecular weight excluding hydrogens is 368 g/mol. The third-order valence-corrected chi connectivity index (χ3v) is 5.79. The van der Waals surface area contributed by atoms with E-state index in [0.717, 1.165) is 37.1 Å². The molecule has 6 heteroatoms. The van der Waals surface area contributed by atoms with Crippen molar-refractivity contribution < 1.29 is 19.1 Å². The summed E-state index contributed by atoms with van der Waals surface area (Å²) in [5.74, 6) is 0.884. The van der Waals surface area contributed by atoms with Gasteiger partial charge in [-0.15, -0.1) is 0 Å². The van der Waals surface area contributed by atoms with Crippen LogP contribution in [0.25, 0.3) is 0 Å². The Bertz CT molecular complexity index is 920. The van der Waals surface area contributed by atoms with Crippen molar-refractivity contribution in [3.05, 3.63) is 53.1 Å². The van der Waals surface area contributed by atoms with Crippen molar-refractivity contribution in [1.82, 2.24) is 4.90 Å². The molecule has 1 fully saturated rings. The Hall–Kier alpha value is -2.86. The lowest BCUT2D eigenvalue weighted by atomic mass is 10.0. The Morgan fingerprint density at radius 2 is 1.79 bits per heavy atom. The number of benzene rings is 2. The van der Waals surface area contributed by atoms with Crippen molar-refractivity contribution in [3.8, 4) is 11.5 Å². The predicted octanol–water partition coefficient (Wildman–Crippen LogP) is 3.61. The van der Waals surface area contributed by atoms with Crippen LogP contribution < -0.4 is 14.8 Å². The maximum Gasteiger partial charge on any atom is 0.255 e. The average molecular weight is 394 g/mol. The number of ether oxygens (including phenoxy) is 2. The van der Waals surface area contributed by atoms with Crippen LogP contribution in [-0.2, 0) is 11.2 Å². The maximum absolute atomic E-state index is 13.0. The number of nitrogens with zero attached hydrogens (tertiary/aromatic N) is 1. The smallest absolute Gasteiger partial charge is 0.255 e. The monoisotopic (exact) mass is 394 g/mol. The lowest BCUT2D eigenvalue weighted by Crippen LogP contribution is -2.36. The molecule has 0 aromatic heterocycles. The van der Waals surface area contributed by atoms with E-state index in [1.54, 1.807) is 26.4 Å². The van der Waals surface area contributed by atoms with E-state index in [-0.39, 0.29) is 24.2 Å². The summed E-state index contributed by atoms with van der Waals surface area (Å²) in [5, 5.41) is 2.98. The van der Waals surface area contributed by atoms with Crippen molar-refractivity contribution in [3.63, 3.8) is 0 Å². The van der Waals surface area contributed by atoms with Crippen molar-refractivity contribution in [2.75, 3.05) is 32.6 Å². The van der Waals surface area contributed by atoms with Crippen LogP contribution in [0.1, 0.15) is 46.8 Å². The zero-order valence-corrected chi connectivity index (χ0v) is 16.9. The number of rotatable bonds is 5. The highest BCUT2D eigenvalue weighted by Gasteiger charge is 2.39. The highest BCUT2D eigenvalue weighted by Crippen LogP contribution is 2.47. The van der Waals surface area contributed by atoms with Crippen LogP contribution in [0.4, 0.5) is 5.69 Å². The summed E-state index contributed by atoms with van der Waals surface area (Å²) in [6, 6.07) is 10.6. The average Bonchev–Trinajstić information content (AvgIpc) is 3.10. The fourth-order valence-corrected chi connectivity index (χ4v) is 4.42. The molecule has 152 valence electrons. The van der Waals surface area contributed by atoms with Gasteiger partial charge >= 0.3 is 0 Å². The van der Waals surface area contributed by atoms with Gasteiger partial charge in [0.25, 0.3) is 5.91 Å². The number of methoxy groups -OCH3 is 2. The SMILES string of the molecule is COc1cc2c(c(NC(=O)c3ccccc3)c1OC)CC(=O)C2N1CCCCC1. The van der Waals surface area contributed by atoms with Gasteiger partial charge in [0.05, 0.1) is 25.9 Å². The molecule has 1 heterocycles. The number of nitrogens with one attached hydrogen (secondary N) is 1. The van der Waals surface area contributed by atoms with Gasteiger partial charge in [-0.25, -0.2) is 0 Å². The molecular formula is C23H26N2O4. The number of carbonyl (C=O) groups excluding carboxylic acids is 2. The summed E-state index contributed by atoms with van der Waals surface area (Å²) in [5.41, 5.74) is 2.82. The summed E-state index contributed by atoms with van der Waals surface area (Å²) in [7, 11) is 3.11. The Morgan fingerprint density at radius 1 is 1.07 bits per heavy atom. The molecule has 2 aromatic carbocycles. The van der Waals surface area contributed by atoms with Gasteiger partial charge in [-0.3, -0.25) is 14.5 Å². The van der Waals surface area contributed by atoms with E-state index in [9.17, 15) is 9.59 Å². The summed E-state index contributed by atoms with van der Waals surface area (Å²) < 4.78 is 11.1. The van der Waals surface area contributed by atoms with E-state index in [2.05, 4.69) is 10.2 Å². The Labute approximate surface area is 170 Å². The molecule has 1 unspecified atom stereocenters. The van der Waals surface area contributed by atoms with Crippen LogP contribution in [0.3, 0.4) is 0 Å². The van der Waals surface area contributed by atoms with Gasteiger partial charge < -0.3 is 14.8 Å². The Balaban J connectivity index is 1.77. The second-order valence-electron chi connectivity index (χ2n) is 7.52. The van der Waals surface area contributed by atoms with Gasteiger partial charge in [0.2, 0.25) is 0 Å². The van der Waals surface area contributed by atoms with Crippen LogP contribution in [0.2, 0.25) is 0 Å². The molecule has 0 radical (unpaired) electrons. The van der Waals surface area contributed by atoms with E-state index >= 15 is 0 Å². The molecule has 1 saturated heterocycles. The first-order chi connectivity index (χ1) is 14.1. The van der Waals surface area contributed by atoms with E-state index in [4.69, 9.17) is 9.47 Å². The molecule has 1 atom stereocenters. The number of amides is 1. The minimum absolute atomic E-state index is 0.160. The first-order valence-corrected chi connectivity index (χ1v) is 10.0. The van der Waals surface area contributed by atoms with Crippen LogP contribution in [0.15, 0.2) is 36.4 Å². The van der Waals surface area contributed by atoms with Crippen molar-refractivity contribution in [2.45, 2.75) is 31.7 Å². The first-order valence-electron chi connectivity index (χ1n) is 10.0. The highest BCUT2D eigenvalue weighted by molar-refractivity contribution is 6.07. The van der Waals surface area contributed by atoms with Crippen molar-refractivity contribution in [1.29, 1.82) is 0 Å². The molecule has 1 N–H and O–H groups in total. The minimum Gasteiger partial charge on any atom is -0.493 e. The lowest BCUT2D eigenvalue weighted by molar-refractivity contribution is -0.123. The lowest BCUT2D eigenvalue weighted by Gasteiger charge is -2.32. The van der Waals surface area contributed by atoms with E-state index in [1.165, 1.54) is 6.42 Å². The first kappa shape index (κ1) is 19.5.